The molecule has 1 aromatic carbocycles. The monoisotopic (exact) mass is 324 g/mol. The zero-order valence-corrected chi connectivity index (χ0v) is 11.4. The summed E-state index contributed by atoms with van der Waals surface area (Å²) in [6.45, 7) is 0. The molecule has 20 heavy (non-hydrogen) atoms. The Balaban J connectivity index is 3.12. The first-order valence-electron chi connectivity index (χ1n) is 5.12. The number of carboxylic acids is 1. The molecule has 0 aromatic heterocycles. The van der Waals surface area contributed by atoms with Gasteiger partial charge in [0.05, 0.1) is 11.4 Å². The van der Waals surface area contributed by atoms with Crippen molar-refractivity contribution < 1.29 is 27.5 Å². The second kappa shape index (κ2) is 6.16. The minimum absolute atomic E-state index is 0.290. The van der Waals surface area contributed by atoms with E-state index in [-0.39, 0.29) is 5.02 Å². The van der Waals surface area contributed by atoms with Crippen molar-refractivity contribution in [1.82, 2.24) is 4.72 Å². The van der Waals surface area contributed by atoms with Crippen LogP contribution in [0.3, 0.4) is 0 Å². The minimum atomic E-state index is -4.41. The van der Waals surface area contributed by atoms with E-state index in [0.29, 0.717) is 6.07 Å². The van der Waals surface area contributed by atoms with Gasteiger partial charge < -0.3 is 10.8 Å². The van der Waals surface area contributed by atoms with Crippen LogP contribution in [0.5, 0.6) is 0 Å². The van der Waals surface area contributed by atoms with Crippen molar-refractivity contribution in [2.45, 2.75) is 17.4 Å². The summed E-state index contributed by atoms with van der Waals surface area (Å²) in [7, 11) is -4.41. The van der Waals surface area contributed by atoms with Crippen LogP contribution in [-0.4, -0.2) is 31.4 Å². The van der Waals surface area contributed by atoms with Crippen LogP contribution < -0.4 is 10.5 Å². The molecule has 0 aliphatic heterocycles. The summed E-state index contributed by atoms with van der Waals surface area (Å²) in [5, 5.41) is 8.52. The van der Waals surface area contributed by atoms with E-state index in [9.17, 15) is 22.4 Å². The Kier molecular flexibility index (Phi) is 5.03. The van der Waals surface area contributed by atoms with E-state index in [4.69, 9.17) is 22.4 Å². The van der Waals surface area contributed by atoms with Gasteiger partial charge >= 0.3 is 5.97 Å². The number of halogens is 2. The third-order valence-electron chi connectivity index (χ3n) is 2.18. The predicted octanol–water partition coefficient (Wildman–Crippen LogP) is 0.0860. The third-order valence-corrected chi connectivity index (χ3v) is 4.14. The molecule has 0 aliphatic carbocycles. The lowest BCUT2D eigenvalue weighted by atomic mass is 10.2. The topological polar surface area (TPSA) is 127 Å². The van der Waals surface area contributed by atoms with Crippen LogP contribution in [0.2, 0.25) is 5.02 Å². The van der Waals surface area contributed by atoms with Crippen LogP contribution in [-0.2, 0) is 19.6 Å². The van der Waals surface area contributed by atoms with Crippen LogP contribution >= 0.6 is 11.6 Å². The molecule has 0 aliphatic rings. The second-order valence-electron chi connectivity index (χ2n) is 3.76. The molecule has 0 heterocycles. The summed E-state index contributed by atoms with van der Waals surface area (Å²) in [5.41, 5.74) is 4.82. The molecule has 0 unspecified atom stereocenters. The van der Waals surface area contributed by atoms with E-state index < -0.39 is 45.1 Å². The van der Waals surface area contributed by atoms with Gasteiger partial charge in [0.25, 0.3) is 0 Å². The number of primary amides is 1. The zero-order chi connectivity index (χ0) is 15.5. The number of sulfonamides is 1. The highest BCUT2D eigenvalue weighted by Crippen LogP contribution is 2.22. The molecule has 10 heteroatoms. The van der Waals surface area contributed by atoms with E-state index in [2.05, 4.69) is 0 Å². The molecule has 1 atom stereocenters. The standard InChI is InChI=1S/C10H10ClFN2O5S/c11-6-2-1-5(12)3-8(6)20(18,19)14-7(10(16)17)4-9(13)15/h1-3,7,14H,4H2,(H2,13,15)(H,16,17)/t7-/m1/s1. The molecule has 1 amide bonds. The van der Waals surface area contributed by atoms with Crippen molar-refractivity contribution in [3.63, 3.8) is 0 Å². The molecule has 0 saturated heterocycles. The van der Waals surface area contributed by atoms with Crippen LogP contribution in [0.25, 0.3) is 0 Å². The highest BCUT2D eigenvalue weighted by molar-refractivity contribution is 7.89. The van der Waals surface area contributed by atoms with Crippen molar-refractivity contribution in [3.05, 3.63) is 29.0 Å². The number of nitrogens with two attached hydrogens (primary N) is 1. The Bertz CT molecular complexity index is 649. The molecular formula is C10H10ClFN2O5S. The van der Waals surface area contributed by atoms with Crippen molar-refractivity contribution in [2.75, 3.05) is 0 Å². The maximum atomic E-state index is 13.0. The number of carbonyl (C=O) groups is 2. The van der Waals surface area contributed by atoms with Gasteiger partial charge in [-0.05, 0) is 18.2 Å². The van der Waals surface area contributed by atoms with Crippen LogP contribution in [0, 0.1) is 5.82 Å². The number of nitrogens with one attached hydrogen (secondary N) is 1. The van der Waals surface area contributed by atoms with Gasteiger partial charge in [0, 0.05) is 0 Å². The third kappa shape index (κ3) is 4.15. The number of hydrogen-bond acceptors (Lipinski definition) is 4. The fourth-order valence-electron chi connectivity index (χ4n) is 1.31. The van der Waals surface area contributed by atoms with Crippen molar-refractivity contribution in [3.8, 4) is 0 Å². The van der Waals surface area contributed by atoms with Gasteiger partial charge in [0.1, 0.15) is 16.8 Å². The Morgan fingerprint density at radius 2 is 2.05 bits per heavy atom. The maximum absolute atomic E-state index is 13.0. The number of rotatable bonds is 6. The van der Waals surface area contributed by atoms with E-state index in [1.165, 1.54) is 0 Å². The van der Waals surface area contributed by atoms with Gasteiger partial charge in [0.2, 0.25) is 15.9 Å². The predicted molar refractivity (Wildman–Crippen MR) is 67.0 cm³/mol. The zero-order valence-electron chi connectivity index (χ0n) is 9.84. The molecule has 7 nitrogen and oxygen atoms in total. The van der Waals surface area contributed by atoms with Gasteiger partial charge in [-0.15, -0.1) is 0 Å². The average Bonchev–Trinajstić information content (AvgIpc) is 2.30. The van der Waals surface area contributed by atoms with Gasteiger partial charge in [-0.1, -0.05) is 11.6 Å². The minimum Gasteiger partial charge on any atom is -0.480 e. The lowest BCUT2D eigenvalue weighted by Crippen LogP contribution is -2.43. The highest BCUT2D eigenvalue weighted by Gasteiger charge is 2.28. The maximum Gasteiger partial charge on any atom is 0.322 e. The van der Waals surface area contributed by atoms with E-state index in [1.54, 1.807) is 4.72 Å². The Labute approximate surface area is 118 Å². The Morgan fingerprint density at radius 1 is 1.45 bits per heavy atom. The smallest absolute Gasteiger partial charge is 0.322 e. The van der Waals surface area contributed by atoms with Crippen LogP contribution in [0.4, 0.5) is 4.39 Å². The van der Waals surface area contributed by atoms with Gasteiger partial charge in [0.15, 0.2) is 0 Å². The molecule has 110 valence electrons. The number of carboxylic acid groups (broad SMARTS) is 1. The van der Waals surface area contributed by atoms with Crippen LogP contribution in [0.1, 0.15) is 6.42 Å². The van der Waals surface area contributed by atoms with E-state index in [1.807, 2.05) is 0 Å². The highest BCUT2D eigenvalue weighted by atomic mass is 35.5. The second-order valence-corrected chi connectivity index (χ2v) is 5.85. The Morgan fingerprint density at radius 3 is 2.55 bits per heavy atom. The first kappa shape index (κ1) is 16.3. The summed E-state index contributed by atoms with van der Waals surface area (Å²) >= 11 is 5.62. The van der Waals surface area contributed by atoms with Crippen molar-refractivity contribution in [1.29, 1.82) is 0 Å². The Hall–Kier alpha value is -1.71. The van der Waals surface area contributed by atoms with Gasteiger partial charge in [-0.2, -0.15) is 4.72 Å². The molecule has 1 aromatic rings. The SMILES string of the molecule is NC(=O)C[C@@H](NS(=O)(=O)c1cc(F)ccc1Cl)C(=O)O. The molecule has 0 spiro atoms. The summed E-state index contributed by atoms with van der Waals surface area (Å²) in [6, 6.07) is 0.819. The molecule has 0 saturated carbocycles. The normalized spacial score (nSPS) is 12.9. The number of aliphatic carboxylic acids is 1. The first-order valence-corrected chi connectivity index (χ1v) is 6.98. The summed E-state index contributed by atoms with van der Waals surface area (Å²) in [6.07, 6.45) is -0.749. The fourth-order valence-corrected chi connectivity index (χ4v) is 3.01. The summed E-state index contributed by atoms with van der Waals surface area (Å²) < 4.78 is 38.6. The largest absolute Gasteiger partial charge is 0.480 e. The quantitative estimate of drug-likeness (QED) is 0.683. The molecule has 0 radical (unpaired) electrons. The number of benzene rings is 1. The van der Waals surface area contributed by atoms with Crippen molar-refractivity contribution >= 4 is 33.5 Å². The number of carbonyl (C=O) groups excluding carboxylic acids is 1. The van der Waals surface area contributed by atoms with E-state index >= 15 is 0 Å². The lowest BCUT2D eigenvalue weighted by Gasteiger charge is -2.14. The molecule has 4 N–H and O–H groups in total. The fraction of sp³-hybridized carbons (Fsp3) is 0.200. The summed E-state index contributed by atoms with van der Waals surface area (Å²) in [4.78, 5) is 20.9. The van der Waals surface area contributed by atoms with E-state index in [0.717, 1.165) is 12.1 Å². The molecule has 0 bridgehead atoms. The van der Waals surface area contributed by atoms with Crippen LogP contribution in [0.15, 0.2) is 23.1 Å². The molecule has 0 fully saturated rings. The summed E-state index contributed by atoms with van der Waals surface area (Å²) in [5.74, 6) is -3.47. The average molecular weight is 325 g/mol. The number of hydrogen-bond donors (Lipinski definition) is 3. The first-order chi connectivity index (χ1) is 9.13. The van der Waals surface area contributed by atoms with Gasteiger partial charge in [-0.25, -0.2) is 12.8 Å². The van der Waals surface area contributed by atoms with Crippen molar-refractivity contribution in [2.24, 2.45) is 5.73 Å². The van der Waals surface area contributed by atoms with Gasteiger partial charge in [-0.3, -0.25) is 9.59 Å². The lowest BCUT2D eigenvalue weighted by molar-refractivity contribution is -0.140. The molecular weight excluding hydrogens is 315 g/mol. The number of amides is 1. The molecule has 1 rings (SSSR count).